The lowest BCUT2D eigenvalue weighted by Crippen LogP contribution is -2.09. The Morgan fingerprint density at radius 3 is 2.42 bits per heavy atom. The number of hydrogen-bond acceptors (Lipinski definition) is 5. The lowest BCUT2D eigenvalue weighted by atomic mass is 9.96. The predicted octanol–water partition coefficient (Wildman–Crippen LogP) is 6.16. The lowest BCUT2D eigenvalue weighted by Gasteiger charge is -2.13. The monoisotopic (exact) mass is 481 g/mol. The van der Waals surface area contributed by atoms with E-state index in [-0.39, 0.29) is 18.3 Å². The molecule has 1 atom stereocenters. The molecule has 4 aromatic rings. The summed E-state index contributed by atoms with van der Waals surface area (Å²) in [6, 6.07) is 18.4. The molecule has 36 heavy (non-hydrogen) atoms. The topological polar surface area (TPSA) is 65.7 Å². The van der Waals surface area contributed by atoms with Crippen LogP contribution in [0.2, 0.25) is 0 Å². The molecule has 0 spiro atoms. The van der Waals surface area contributed by atoms with E-state index in [4.69, 9.17) is 9.47 Å². The van der Waals surface area contributed by atoms with Gasteiger partial charge in [0.2, 0.25) is 0 Å². The highest BCUT2D eigenvalue weighted by molar-refractivity contribution is 5.71. The summed E-state index contributed by atoms with van der Waals surface area (Å²) in [6.07, 6.45) is 3.77. The molecule has 0 bridgehead atoms. The zero-order chi connectivity index (χ0) is 25.5. The summed E-state index contributed by atoms with van der Waals surface area (Å²) >= 11 is 0. The third-order valence-corrected chi connectivity index (χ3v) is 6.03. The summed E-state index contributed by atoms with van der Waals surface area (Å²) in [7, 11) is 0. The fourth-order valence-corrected chi connectivity index (χ4v) is 4.09. The van der Waals surface area contributed by atoms with E-state index in [2.05, 4.69) is 66.1 Å². The molecule has 0 aliphatic carbocycles. The first kappa shape index (κ1) is 25.0. The Bertz CT molecular complexity index is 1380. The average molecular weight is 482 g/mol. The Kier molecular flexibility index (Phi) is 8.02. The molecule has 184 valence electrons. The number of hydrogen-bond donors (Lipinski definition) is 0. The molecule has 0 radical (unpaired) electrons. The summed E-state index contributed by atoms with van der Waals surface area (Å²) in [5, 5.41) is 4.35. The molecular formula is C30H31N3O3. The Morgan fingerprint density at radius 2 is 1.75 bits per heavy atom. The van der Waals surface area contributed by atoms with Crippen LogP contribution in [0.4, 0.5) is 0 Å². The molecule has 0 aliphatic rings. The van der Waals surface area contributed by atoms with Gasteiger partial charge in [-0.1, -0.05) is 56.2 Å². The molecule has 0 fully saturated rings. The number of carbonyl (C=O) groups excluding carboxylic acids is 1. The van der Waals surface area contributed by atoms with Crippen LogP contribution in [0.5, 0.6) is 5.75 Å². The van der Waals surface area contributed by atoms with Gasteiger partial charge in [-0.25, -0.2) is 9.50 Å². The van der Waals surface area contributed by atoms with E-state index in [9.17, 15) is 4.79 Å². The molecule has 2 heterocycles. The summed E-state index contributed by atoms with van der Waals surface area (Å²) in [5.74, 6) is 6.77. The van der Waals surface area contributed by atoms with Crippen LogP contribution in [0, 0.1) is 11.8 Å². The van der Waals surface area contributed by atoms with Crippen LogP contribution in [0.1, 0.15) is 62.6 Å². The Morgan fingerprint density at radius 1 is 1.03 bits per heavy atom. The van der Waals surface area contributed by atoms with Crippen molar-refractivity contribution >= 4 is 11.6 Å². The van der Waals surface area contributed by atoms with Gasteiger partial charge in [-0.3, -0.25) is 4.79 Å². The van der Waals surface area contributed by atoms with Crippen molar-refractivity contribution in [2.45, 2.75) is 52.6 Å². The Labute approximate surface area is 212 Å². The molecule has 2 aromatic heterocycles. The molecule has 6 heteroatoms. The van der Waals surface area contributed by atoms with Crippen LogP contribution in [-0.2, 0) is 16.1 Å². The van der Waals surface area contributed by atoms with Gasteiger partial charge in [0.1, 0.15) is 18.7 Å². The number of esters is 1. The number of pyridine rings is 1. The molecule has 6 nitrogen and oxygen atoms in total. The number of rotatable bonds is 9. The van der Waals surface area contributed by atoms with Crippen LogP contribution < -0.4 is 4.74 Å². The number of nitrogens with zero attached hydrogens (tertiary/aromatic N) is 3. The maximum atomic E-state index is 12.0. The molecule has 2 aromatic carbocycles. The first-order valence-electron chi connectivity index (χ1n) is 12.2. The predicted molar refractivity (Wildman–Crippen MR) is 141 cm³/mol. The third-order valence-electron chi connectivity index (χ3n) is 6.03. The van der Waals surface area contributed by atoms with Crippen LogP contribution in [0.25, 0.3) is 16.8 Å². The van der Waals surface area contributed by atoms with Crippen LogP contribution in [-0.4, -0.2) is 27.2 Å². The quantitative estimate of drug-likeness (QED) is 0.212. The average Bonchev–Trinajstić information content (AvgIpc) is 3.36. The molecule has 0 N–H and O–H groups in total. The Balaban J connectivity index is 1.51. The van der Waals surface area contributed by atoms with Crippen molar-refractivity contribution in [3.8, 4) is 28.7 Å². The highest BCUT2D eigenvalue weighted by Gasteiger charge is 2.15. The van der Waals surface area contributed by atoms with Crippen molar-refractivity contribution in [2.24, 2.45) is 0 Å². The summed E-state index contributed by atoms with van der Waals surface area (Å²) in [4.78, 5) is 16.4. The highest BCUT2D eigenvalue weighted by atomic mass is 16.5. The second-order valence-electron chi connectivity index (χ2n) is 8.87. The summed E-state index contributed by atoms with van der Waals surface area (Å²) in [5.41, 5.74) is 6.14. The Hall–Kier alpha value is -4.11. The SMILES string of the molecule is CC#C[C@@H](CC(=O)OCC)c1ccc(OCc2cc(-c3ccc(C(C)C)cc3)cn3ncnc23)cc1. The molecule has 0 unspecified atom stereocenters. The minimum absolute atomic E-state index is 0.211. The number of carbonyl (C=O) groups is 1. The molecule has 0 saturated heterocycles. The standard InChI is InChI=1S/C30H31N3O3/c1-5-7-25(17-29(34)35-6-2)23-12-14-28(15-13-23)36-19-27-16-26(18-33-30(27)31-20-32-33)24-10-8-22(9-11-24)21(3)4/h8-16,18,20-21,25H,6,17,19H2,1-4H3/t25-/m0/s1. The van der Waals surface area contributed by atoms with Crippen molar-refractivity contribution in [3.63, 3.8) is 0 Å². The van der Waals surface area contributed by atoms with Gasteiger partial charge in [-0.05, 0) is 54.7 Å². The lowest BCUT2D eigenvalue weighted by molar-refractivity contribution is -0.143. The number of aromatic nitrogens is 3. The molecule has 0 saturated carbocycles. The maximum absolute atomic E-state index is 12.0. The number of fused-ring (bicyclic) bond motifs is 1. The van der Waals surface area contributed by atoms with Gasteiger partial charge in [0.05, 0.1) is 18.9 Å². The van der Waals surface area contributed by atoms with Crippen molar-refractivity contribution in [2.75, 3.05) is 6.61 Å². The highest BCUT2D eigenvalue weighted by Crippen LogP contribution is 2.27. The number of ether oxygens (including phenoxy) is 2. The van der Waals surface area contributed by atoms with Crippen molar-refractivity contribution in [3.05, 3.63) is 83.8 Å². The fraction of sp³-hybridized carbons (Fsp3) is 0.300. The van der Waals surface area contributed by atoms with Gasteiger partial charge in [0, 0.05) is 17.3 Å². The van der Waals surface area contributed by atoms with Crippen LogP contribution in [0.15, 0.2) is 67.1 Å². The van der Waals surface area contributed by atoms with E-state index in [0.29, 0.717) is 19.1 Å². The fourth-order valence-electron chi connectivity index (χ4n) is 4.09. The van der Waals surface area contributed by atoms with E-state index in [1.165, 1.54) is 5.56 Å². The summed E-state index contributed by atoms with van der Waals surface area (Å²) in [6.45, 7) is 8.66. The van der Waals surface area contributed by atoms with E-state index in [0.717, 1.165) is 33.7 Å². The van der Waals surface area contributed by atoms with Gasteiger partial charge < -0.3 is 9.47 Å². The molecule has 0 amide bonds. The van der Waals surface area contributed by atoms with Gasteiger partial charge in [-0.2, -0.15) is 5.10 Å². The largest absolute Gasteiger partial charge is 0.489 e. The molecular weight excluding hydrogens is 450 g/mol. The van der Waals surface area contributed by atoms with Crippen molar-refractivity contribution < 1.29 is 14.3 Å². The van der Waals surface area contributed by atoms with Gasteiger partial charge in [0.15, 0.2) is 5.65 Å². The van der Waals surface area contributed by atoms with Gasteiger partial charge >= 0.3 is 5.97 Å². The molecule has 4 rings (SSSR count). The van der Waals surface area contributed by atoms with Gasteiger partial charge in [-0.15, -0.1) is 5.92 Å². The van der Waals surface area contributed by atoms with E-state index >= 15 is 0 Å². The first-order chi connectivity index (χ1) is 17.5. The van der Waals surface area contributed by atoms with Crippen molar-refractivity contribution in [1.82, 2.24) is 14.6 Å². The van der Waals surface area contributed by atoms with E-state index in [1.807, 2.05) is 30.5 Å². The van der Waals surface area contributed by atoms with E-state index in [1.54, 1.807) is 24.7 Å². The smallest absolute Gasteiger partial charge is 0.307 e. The van der Waals surface area contributed by atoms with E-state index < -0.39 is 0 Å². The minimum Gasteiger partial charge on any atom is -0.489 e. The van der Waals surface area contributed by atoms with Crippen LogP contribution in [0.3, 0.4) is 0 Å². The normalized spacial score (nSPS) is 11.7. The second kappa shape index (κ2) is 11.5. The third kappa shape index (κ3) is 5.92. The van der Waals surface area contributed by atoms with Crippen LogP contribution >= 0.6 is 0 Å². The van der Waals surface area contributed by atoms with Crippen molar-refractivity contribution in [1.29, 1.82) is 0 Å². The summed E-state index contributed by atoms with van der Waals surface area (Å²) < 4.78 is 13.0. The molecule has 0 aliphatic heterocycles. The van der Waals surface area contributed by atoms with Gasteiger partial charge in [0.25, 0.3) is 0 Å². The zero-order valence-electron chi connectivity index (χ0n) is 21.2. The number of benzene rings is 2. The minimum atomic E-state index is -0.248. The first-order valence-corrected chi connectivity index (χ1v) is 12.2. The maximum Gasteiger partial charge on any atom is 0.307 e. The second-order valence-corrected chi connectivity index (χ2v) is 8.87. The zero-order valence-corrected chi connectivity index (χ0v) is 21.2.